The van der Waals surface area contributed by atoms with Crippen molar-refractivity contribution in [1.82, 2.24) is 9.55 Å². The first-order valence-corrected chi connectivity index (χ1v) is 17.3. The zero-order valence-electron chi connectivity index (χ0n) is 27.9. The van der Waals surface area contributed by atoms with Crippen molar-refractivity contribution in [1.29, 1.82) is 0 Å². The fourth-order valence-electron chi connectivity index (χ4n) is 6.18. The van der Waals surface area contributed by atoms with Crippen molar-refractivity contribution in [2.75, 3.05) is 45.0 Å². The molecule has 0 saturated heterocycles. The maximum atomic E-state index is 13.8. The van der Waals surface area contributed by atoms with E-state index in [0.29, 0.717) is 38.5 Å². The van der Waals surface area contributed by atoms with Crippen LogP contribution < -0.4 is 5.32 Å². The fourth-order valence-corrected chi connectivity index (χ4v) is 7.25. The Morgan fingerprint density at radius 1 is 1.02 bits per heavy atom. The molecule has 0 fully saturated rings. The van der Waals surface area contributed by atoms with Gasteiger partial charge in [0, 0.05) is 54.8 Å². The first-order chi connectivity index (χ1) is 23.9. The molecule has 256 valence electrons. The molecule has 11 heteroatoms. The number of hydrogen-bond donors (Lipinski definition) is 2. The van der Waals surface area contributed by atoms with Gasteiger partial charge < -0.3 is 29.4 Å². The Balaban J connectivity index is 1.26. The van der Waals surface area contributed by atoms with E-state index < -0.39 is 12.2 Å². The number of rotatable bonds is 14. The molecule has 0 saturated carbocycles. The predicted molar refractivity (Wildman–Crippen MR) is 191 cm³/mol. The summed E-state index contributed by atoms with van der Waals surface area (Å²) in [6.45, 7) is 7.24. The van der Waals surface area contributed by atoms with Crippen LogP contribution in [0.5, 0.6) is 0 Å². The summed E-state index contributed by atoms with van der Waals surface area (Å²) < 4.78 is 26.4. The molecule has 0 unspecified atom stereocenters. The van der Waals surface area contributed by atoms with E-state index in [1.165, 1.54) is 12.5 Å². The molecule has 1 aliphatic heterocycles. The number of nitrogens with zero attached hydrogens (tertiary/aromatic N) is 2. The van der Waals surface area contributed by atoms with Gasteiger partial charge in [-0.15, -0.1) is 11.3 Å². The van der Waals surface area contributed by atoms with Crippen LogP contribution in [-0.4, -0.2) is 72.4 Å². The number of anilines is 1. The molecule has 1 aliphatic rings. The zero-order valence-corrected chi connectivity index (χ0v) is 28.7. The molecular weight excluding hydrogens is 642 g/mol. The molecule has 3 atom stereocenters. The average molecular weight is 684 g/mol. The first-order valence-electron chi connectivity index (χ1n) is 16.5. The van der Waals surface area contributed by atoms with E-state index >= 15 is 0 Å². The minimum Gasteiger partial charge on any atom is -0.459 e. The van der Waals surface area contributed by atoms with E-state index in [-0.39, 0.29) is 36.7 Å². The summed E-state index contributed by atoms with van der Waals surface area (Å²) in [5, 5.41) is 13.8. The largest absolute Gasteiger partial charge is 0.459 e. The molecule has 5 aromatic rings. The van der Waals surface area contributed by atoms with Crippen LogP contribution in [0.1, 0.15) is 42.1 Å². The van der Waals surface area contributed by atoms with E-state index in [0.717, 1.165) is 37.3 Å². The van der Waals surface area contributed by atoms with Gasteiger partial charge in [0.1, 0.15) is 5.01 Å². The average Bonchev–Trinajstić information content (AvgIpc) is 3.70. The van der Waals surface area contributed by atoms with Gasteiger partial charge in [-0.2, -0.15) is 0 Å². The number of ether oxygens (including phenoxy) is 4. The van der Waals surface area contributed by atoms with Gasteiger partial charge in [-0.3, -0.25) is 14.2 Å². The van der Waals surface area contributed by atoms with E-state index in [2.05, 4.69) is 24.4 Å². The van der Waals surface area contributed by atoms with Crippen LogP contribution in [0.3, 0.4) is 0 Å². The number of aliphatic hydroxyl groups is 1. The number of amides is 1. The quantitative estimate of drug-likeness (QED) is 0.121. The lowest BCUT2D eigenvalue weighted by atomic mass is 9.81. The van der Waals surface area contributed by atoms with Gasteiger partial charge in [0.2, 0.25) is 12.2 Å². The highest BCUT2D eigenvalue weighted by atomic mass is 32.1. The third-order valence-corrected chi connectivity index (χ3v) is 9.58. The van der Waals surface area contributed by atoms with Gasteiger partial charge in [0.15, 0.2) is 5.76 Å². The normalized spacial score (nSPS) is 17.6. The number of benzene rings is 3. The smallest absolute Gasteiger partial charge is 0.290 e. The summed E-state index contributed by atoms with van der Waals surface area (Å²) in [6.07, 6.45) is 3.52. The number of aromatic nitrogens is 2. The van der Waals surface area contributed by atoms with Gasteiger partial charge >= 0.3 is 0 Å². The Labute approximate surface area is 289 Å². The number of nitrogens with one attached hydrogen (secondary N) is 1. The molecular formula is C38H41N3O7S. The van der Waals surface area contributed by atoms with Crippen LogP contribution in [0.25, 0.3) is 31.7 Å². The number of carbonyl (C=O) groups excluding carboxylic acids is 2. The molecule has 0 radical (unpaired) electrons. The monoisotopic (exact) mass is 683 g/mol. The molecule has 0 spiro atoms. The van der Waals surface area contributed by atoms with Crippen LogP contribution in [0.4, 0.5) is 5.69 Å². The lowest BCUT2D eigenvalue weighted by Crippen LogP contribution is -2.38. The highest BCUT2D eigenvalue weighted by Gasteiger charge is 2.39. The Morgan fingerprint density at radius 2 is 1.80 bits per heavy atom. The summed E-state index contributed by atoms with van der Waals surface area (Å²) in [6, 6.07) is 21.6. The van der Waals surface area contributed by atoms with Crippen LogP contribution >= 0.6 is 11.3 Å². The third-order valence-electron chi connectivity index (χ3n) is 8.52. The number of hydrogen-bond acceptors (Lipinski definition) is 9. The Morgan fingerprint density at radius 3 is 2.55 bits per heavy atom. The van der Waals surface area contributed by atoms with Crippen LogP contribution in [0, 0.1) is 12.8 Å². The van der Waals surface area contributed by atoms with Crippen molar-refractivity contribution < 1.29 is 33.6 Å². The lowest BCUT2D eigenvalue weighted by molar-refractivity contribution is -0.166. The predicted octanol–water partition coefficient (Wildman–Crippen LogP) is 6.92. The van der Waals surface area contributed by atoms with E-state index in [1.807, 2.05) is 73.8 Å². The van der Waals surface area contributed by atoms with Crippen molar-refractivity contribution in [3.8, 4) is 10.6 Å². The number of fused-ring (bicyclic) bond motifs is 2. The standard InChI is InChI=1S/C38H41N3O7S/c1-4-47-38-29(15-17-45-19-20-46-18-16-42)30(31-23-41(25(3)43)33-8-6-5-7-28(31)33)22-34(48-38)36(44)39-27-12-10-26(11-13-27)37-40-32-14-9-24(2)21-35(32)49-37/h5-14,21-23,29-30,38,42H,4,15-20H2,1-3H3,(H,39,44)/t29-,30-,38+/m0/s1. The van der Waals surface area contributed by atoms with Crippen LogP contribution in [-0.2, 0) is 23.7 Å². The number of thiazole rings is 1. The third kappa shape index (κ3) is 7.92. The number of aliphatic hydroxyl groups excluding tert-OH is 1. The topological polar surface area (TPSA) is 121 Å². The second kappa shape index (κ2) is 15.9. The van der Waals surface area contributed by atoms with Crippen molar-refractivity contribution in [3.63, 3.8) is 0 Å². The summed E-state index contributed by atoms with van der Waals surface area (Å²) in [5.41, 5.74) is 5.43. The van der Waals surface area contributed by atoms with E-state index in [4.69, 9.17) is 29.0 Å². The van der Waals surface area contributed by atoms with E-state index in [9.17, 15) is 9.59 Å². The Kier molecular flexibility index (Phi) is 11.2. The molecule has 2 N–H and O–H groups in total. The molecule has 1 amide bonds. The summed E-state index contributed by atoms with van der Waals surface area (Å²) in [7, 11) is 0. The van der Waals surface area contributed by atoms with Crippen molar-refractivity contribution in [2.45, 2.75) is 39.4 Å². The van der Waals surface area contributed by atoms with Gasteiger partial charge in [-0.25, -0.2) is 4.98 Å². The zero-order chi connectivity index (χ0) is 34.3. The Hall–Kier alpha value is -4.39. The van der Waals surface area contributed by atoms with Crippen molar-refractivity contribution in [3.05, 3.63) is 95.9 Å². The first kappa shape index (κ1) is 34.5. The lowest BCUT2D eigenvalue weighted by Gasteiger charge is -2.36. The van der Waals surface area contributed by atoms with Gasteiger partial charge in [-0.1, -0.05) is 24.3 Å². The maximum absolute atomic E-state index is 13.8. The van der Waals surface area contributed by atoms with Crippen molar-refractivity contribution >= 4 is 50.0 Å². The van der Waals surface area contributed by atoms with Crippen molar-refractivity contribution in [2.24, 2.45) is 5.92 Å². The fraction of sp³-hybridized carbons (Fsp3) is 0.342. The molecule has 0 bridgehead atoms. The van der Waals surface area contributed by atoms with E-state index in [1.54, 1.807) is 15.9 Å². The SMILES string of the molecule is CCO[C@@H]1OC(C(=O)Nc2ccc(-c3nc4ccc(C)cc4s3)cc2)=C[C@H](c2cn(C(C)=O)c3ccccc23)[C@@H]1CCOCCOCCO. The van der Waals surface area contributed by atoms with Crippen LogP contribution in [0.15, 0.2) is 84.8 Å². The second-order valence-corrected chi connectivity index (χ2v) is 12.9. The number of allylic oxidation sites excluding steroid dienone is 1. The number of aryl methyl sites for hydroxylation is 1. The van der Waals surface area contributed by atoms with Gasteiger partial charge in [0.05, 0.1) is 42.2 Å². The molecule has 3 aromatic carbocycles. The minimum atomic E-state index is -0.737. The second-order valence-electron chi connectivity index (χ2n) is 11.9. The molecule has 10 nitrogen and oxygen atoms in total. The highest BCUT2D eigenvalue weighted by molar-refractivity contribution is 7.21. The number of para-hydroxylation sites is 1. The summed E-state index contributed by atoms with van der Waals surface area (Å²) in [5.74, 6) is -0.911. The highest BCUT2D eigenvalue weighted by Crippen LogP contribution is 2.42. The molecule has 0 aliphatic carbocycles. The molecule has 49 heavy (non-hydrogen) atoms. The summed E-state index contributed by atoms with van der Waals surface area (Å²) in [4.78, 5) is 31.2. The number of carbonyl (C=O) groups is 2. The molecule has 2 aromatic heterocycles. The molecule has 6 rings (SSSR count). The molecule has 3 heterocycles. The summed E-state index contributed by atoms with van der Waals surface area (Å²) >= 11 is 1.64. The van der Waals surface area contributed by atoms with Gasteiger partial charge in [-0.05, 0) is 79.9 Å². The Bertz CT molecular complexity index is 1950. The van der Waals surface area contributed by atoms with Gasteiger partial charge in [0.25, 0.3) is 5.91 Å². The van der Waals surface area contributed by atoms with Crippen LogP contribution in [0.2, 0.25) is 0 Å². The maximum Gasteiger partial charge on any atom is 0.290 e. The minimum absolute atomic E-state index is 0.0392.